The van der Waals surface area contributed by atoms with Crippen LogP contribution in [0.1, 0.15) is 19.8 Å². The van der Waals surface area contributed by atoms with E-state index in [2.05, 4.69) is 16.9 Å². The molecule has 0 radical (unpaired) electrons. The highest BCUT2D eigenvalue weighted by Crippen LogP contribution is 2.13. The molecule has 1 aromatic rings. The molecule has 4 heteroatoms. The van der Waals surface area contributed by atoms with Gasteiger partial charge in [-0.25, -0.2) is 9.97 Å². The van der Waals surface area contributed by atoms with Crippen LogP contribution in [-0.4, -0.2) is 15.7 Å². The Morgan fingerprint density at radius 3 is 2.67 bits per heavy atom. The Morgan fingerprint density at radius 2 is 2.08 bits per heavy atom. The molecule has 0 aromatic carbocycles. The molecular formula is C8H13N3S. The average Bonchev–Trinajstić information content (AvgIpc) is 2.09. The molecule has 1 rings (SSSR count). The maximum absolute atomic E-state index is 5.45. The van der Waals surface area contributed by atoms with Gasteiger partial charge in [0.1, 0.15) is 0 Å². The first-order valence-corrected chi connectivity index (χ1v) is 5.02. The van der Waals surface area contributed by atoms with Gasteiger partial charge in [0, 0.05) is 5.75 Å². The molecule has 0 atom stereocenters. The summed E-state index contributed by atoms with van der Waals surface area (Å²) in [5, 5.41) is 0.817. The first kappa shape index (κ1) is 9.32. The molecule has 12 heavy (non-hydrogen) atoms. The lowest BCUT2D eigenvalue weighted by Gasteiger charge is -1.97. The van der Waals surface area contributed by atoms with Crippen molar-refractivity contribution in [2.45, 2.75) is 24.9 Å². The van der Waals surface area contributed by atoms with E-state index in [1.54, 1.807) is 24.2 Å². The van der Waals surface area contributed by atoms with Gasteiger partial charge in [0.25, 0.3) is 0 Å². The summed E-state index contributed by atoms with van der Waals surface area (Å²) in [6, 6.07) is 0. The molecule has 0 aliphatic heterocycles. The number of aromatic nitrogens is 2. The SMILES string of the molecule is CCCCSc1ncc(N)cn1. The van der Waals surface area contributed by atoms with Crippen LogP contribution >= 0.6 is 11.8 Å². The van der Waals surface area contributed by atoms with Crippen molar-refractivity contribution in [3.8, 4) is 0 Å². The van der Waals surface area contributed by atoms with Crippen LogP contribution in [0.15, 0.2) is 17.6 Å². The number of thioether (sulfide) groups is 1. The van der Waals surface area contributed by atoms with Crippen LogP contribution in [0.4, 0.5) is 5.69 Å². The van der Waals surface area contributed by atoms with Gasteiger partial charge in [0.05, 0.1) is 18.1 Å². The maximum atomic E-state index is 5.45. The minimum absolute atomic E-state index is 0.620. The molecule has 1 heterocycles. The fourth-order valence-corrected chi connectivity index (χ4v) is 1.58. The van der Waals surface area contributed by atoms with E-state index < -0.39 is 0 Å². The van der Waals surface area contributed by atoms with E-state index in [0.29, 0.717) is 5.69 Å². The van der Waals surface area contributed by atoms with Crippen molar-refractivity contribution in [3.63, 3.8) is 0 Å². The Hall–Kier alpha value is -0.770. The molecule has 0 unspecified atom stereocenters. The van der Waals surface area contributed by atoms with E-state index in [4.69, 9.17) is 5.73 Å². The number of rotatable bonds is 4. The number of nitrogens with two attached hydrogens (primary N) is 1. The van der Waals surface area contributed by atoms with E-state index in [9.17, 15) is 0 Å². The molecular weight excluding hydrogens is 170 g/mol. The van der Waals surface area contributed by atoms with Gasteiger partial charge in [0.15, 0.2) is 5.16 Å². The molecule has 0 bridgehead atoms. The summed E-state index contributed by atoms with van der Waals surface area (Å²) in [6.07, 6.45) is 5.70. The Balaban J connectivity index is 2.37. The summed E-state index contributed by atoms with van der Waals surface area (Å²) in [7, 11) is 0. The van der Waals surface area contributed by atoms with Crippen LogP contribution in [-0.2, 0) is 0 Å². The number of hydrogen-bond donors (Lipinski definition) is 1. The second-order valence-electron chi connectivity index (χ2n) is 2.50. The van der Waals surface area contributed by atoms with Gasteiger partial charge in [0.2, 0.25) is 0 Å². The molecule has 0 amide bonds. The van der Waals surface area contributed by atoms with Gasteiger partial charge in [-0.2, -0.15) is 0 Å². The maximum Gasteiger partial charge on any atom is 0.187 e. The van der Waals surface area contributed by atoms with E-state index in [1.165, 1.54) is 12.8 Å². The van der Waals surface area contributed by atoms with Crippen LogP contribution in [0.3, 0.4) is 0 Å². The van der Waals surface area contributed by atoms with Gasteiger partial charge >= 0.3 is 0 Å². The number of nitrogens with zero attached hydrogens (tertiary/aromatic N) is 2. The number of nitrogen functional groups attached to an aromatic ring is 1. The number of unbranched alkanes of at least 4 members (excludes halogenated alkanes) is 1. The van der Waals surface area contributed by atoms with Crippen LogP contribution < -0.4 is 5.73 Å². The lowest BCUT2D eigenvalue weighted by molar-refractivity contribution is 0.888. The third kappa shape index (κ3) is 3.09. The van der Waals surface area contributed by atoms with Crippen LogP contribution in [0.2, 0.25) is 0 Å². The number of anilines is 1. The van der Waals surface area contributed by atoms with Gasteiger partial charge in [-0.15, -0.1) is 0 Å². The fraction of sp³-hybridized carbons (Fsp3) is 0.500. The molecule has 0 saturated carbocycles. The highest BCUT2D eigenvalue weighted by molar-refractivity contribution is 7.99. The Labute approximate surface area is 76.8 Å². The van der Waals surface area contributed by atoms with Crippen molar-refractivity contribution in [1.82, 2.24) is 9.97 Å². The van der Waals surface area contributed by atoms with Gasteiger partial charge in [-0.1, -0.05) is 25.1 Å². The molecule has 66 valence electrons. The van der Waals surface area contributed by atoms with Crippen molar-refractivity contribution in [2.75, 3.05) is 11.5 Å². The third-order valence-electron chi connectivity index (χ3n) is 1.38. The molecule has 3 nitrogen and oxygen atoms in total. The summed E-state index contributed by atoms with van der Waals surface area (Å²) in [4.78, 5) is 8.15. The molecule has 0 spiro atoms. The second kappa shape index (κ2) is 4.98. The van der Waals surface area contributed by atoms with Gasteiger partial charge in [-0.3, -0.25) is 0 Å². The summed E-state index contributed by atoms with van der Waals surface area (Å²) in [5.74, 6) is 1.08. The minimum atomic E-state index is 0.620. The van der Waals surface area contributed by atoms with Crippen LogP contribution in [0.25, 0.3) is 0 Å². The van der Waals surface area contributed by atoms with Crippen LogP contribution in [0.5, 0.6) is 0 Å². The molecule has 1 aromatic heterocycles. The summed E-state index contributed by atoms with van der Waals surface area (Å²) >= 11 is 1.68. The van der Waals surface area contributed by atoms with Crippen molar-refractivity contribution in [2.24, 2.45) is 0 Å². The van der Waals surface area contributed by atoms with Crippen molar-refractivity contribution in [1.29, 1.82) is 0 Å². The van der Waals surface area contributed by atoms with Gasteiger partial charge < -0.3 is 5.73 Å². The summed E-state index contributed by atoms with van der Waals surface area (Å²) < 4.78 is 0. The van der Waals surface area contributed by atoms with E-state index in [0.717, 1.165) is 10.9 Å². The first-order chi connectivity index (χ1) is 5.83. The molecule has 0 fully saturated rings. The van der Waals surface area contributed by atoms with Crippen molar-refractivity contribution < 1.29 is 0 Å². The number of hydrogen-bond acceptors (Lipinski definition) is 4. The molecule has 0 aliphatic rings. The first-order valence-electron chi connectivity index (χ1n) is 4.03. The molecule has 0 aliphatic carbocycles. The highest BCUT2D eigenvalue weighted by atomic mass is 32.2. The monoisotopic (exact) mass is 183 g/mol. The standard InChI is InChI=1S/C8H13N3S/c1-2-3-4-12-8-10-5-7(9)6-11-8/h5-6H,2-4,9H2,1H3. The quantitative estimate of drug-likeness (QED) is 0.440. The van der Waals surface area contributed by atoms with Crippen molar-refractivity contribution >= 4 is 17.4 Å². The van der Waals surface area contributed by atoms with E-state index >= 15 is 0 Å². The van der Waals surface area contributed by atoms with E-state index in [1.807, 2.05) is 0 Å². The zero-order chi connectivity index (χ0) is 8.81. The molecule has 0 saturated heterocycles. The Morgan fingerprint density at radius 1 is 1.42 bits per heavy atom. The lowest BCUT2D eigenvalue weighted by Crippen LogP contribution is -1.91. The average molecular weight is 183 g/mol. The van der Waals surface area contributed by atoms with Crippen molar-refractivity contribution in [3.05, 3.63) is 12.4 Å². The lowest BCUT2D eigenvalue weighted by atomic mass is 10.4. The topological polar surface area (TPSA) is 51.8 Å². The predicted octanol–water partition coefficient (Wildman–Crippen LogP) is 1.95. The fourth-order valence-electron chi connectivity index (χ4n) is 0.709. The Bertz CT molecular complexity index is 222. The largest absolute Gasteiger partial charge is 0.396 e. The summed E-state index contributed by atoms with van der Waals surface area (Å²) in [5.41, 5.74) is 6.07. The normalized spacial score (nSPS) is 10.1. The zero-order valence-electron chi connectivity index (χ0n) is 7.16. The predicted molar refractivity (Wildman–Crippen MR) is 52.1 cm³/mol. The zero-order valence-corrected chi connectivity index (χ0v) is 7.97. The second-order valence-corrected chi connectivity index (χ2v) is 3.56. The van der Waals surface area contributed by atoms with Gasteiger partial charge in [-0.05, 0) is 6.42 Å². The van der Waals surface area contributed by atoms with Crippen LogP contribution in [0, 0.1) is 0 Å². The minimum Gasteiger partial charge on any atom is -0.396 e. The summed E-state index contributed by atoms with van der Waals surface area (Å²) in [6.45, 7) is 2.17. The molecule has 2 N–H and O–H groups in total. The Kier molecular flexibility index (Phi) is 3.87. The van der Waals surface area contributed by atoms with E-state index in [-0.39, 0.29) is 0 Å². The third-order valence-corrected chi connectivity index (χ3v) is 2.34. The highest BCUT2D eigenvalue weighted by Gasteiger charge is 1.95. The smallest absolute Gasteiger partial charge is 0.187 e.